The minimum absolute atomic E-state index is 0.0374. The molecule has 0 spiro atoms. The van der Waals surface area contributed by atoms with Crippen LogP contribution in [0.4, 0.5) is 4.39 Å². The SMILES string of the molecule is CC(C)[C@H](CC(=O)c1cccc2ccccc12)C(=O)N1CCC[C@H]1C(=O)C[C@@H](CCCN=C(N)N)C(=O)CF. The van der Waals surface area contributed by atoms with Crippen molar-refractivity contribution in [2.24, 2.45) is 34.2 Å². The number of amides is 1. The van der Waals surface area contributed by atoms with Gasteiger partial charge in [0, 0.05) is 43.3 Å². The molecular formula is C30H39FN4O4. The van der Waals surface area contributed by atoms with Gasteiger partial charge in [-0.1, -0.05) is 56.3 Å². The van der Waals surface area contributed by atoms with E-state index in [1.165, 1.54) is 0 Å². The zero-order chi connectivity index (χ0) is 28.5. The molecule has 0 unspecified atom stereocenters. The Morgan fingerprint density at radius 2 is 1.77 bits per heavy atom. The Labute approximate surface area is 229 Å². The van der Waals surface area contributed by atoms with E-state index in [4.69, 9.17) is 11.5 Å². The third-order valence-electron chi connectivity index (χ3n) is 7.56. The maximum absolute atomic E-state index is 13.7. The molecule has 0 saturated carbocycles. The van der Waals surface area contributed by atoms with E-state index in [0.29, 0.717) is 31.4 Å². The van der Waals surface area contributed by atoms with E-state index in [1.807, 2.05) is 50.2 Å². The molecule has 1 heterocycles. The molecule has 1 amide bonds. The van der Waals surface area contributed by atoms with Crippen molar-refractivity contribution in [2.75, 3.05) is 19.8 Å². The van der Waals surface area contributed by atoms with Gasteiger partial charge in [-0.3, -0.25) is 24.2 Å². The molecule has 0 bridgehead atoms. The molecule has 1 aliphatic rings. The number of aliphatic imine (C=N–C) groups is 1. The molecule has 0 radical (unpaired) electrons. The molecule has 210 valence electrons. The molecule has 1 saturated heterocycles. The highest BCUT2D eigenvalue weighted by Gasteiger charge is 2.39. The fraction of sp³-hybridized carbons (Fsp3) is 0.500. The number of nitrogens with zero attached hydrogens (tertiary/aromatic N) is 2. The summed E-state index contributed by atoms with van der Waals surface area (Å²) in [4.78, 5) is 58.1. The summed E-state index contributed by atoms with van der Waals surface area (Å²) < 4.78 is 13.2. The van der Waals surface area contributed by atoms with Crippen molar-refractivity contribution in [2.45, 2.75) is 58.4 Å². The minimum Gasteiger partial charge on any atom is -0.370 e. The second-order valence-corrected chi connectivity index (χ2v) is 10.6. The van der Waals surface area contributed by atoms with Crippen molar-refractivity contribution in [3.05, 3.63) is 48.0 Å². The standard InChI is InChI=1S/C30H39FN4O4/c1-19(2)24(17-26(36)23-12-5-9-20-8-3-4-11-22(20)23)29(39)35-15-7-13-25(35)27(37)16-21(28(38)18-31)10-6-14-34-30(32)33/h3-5,8-9,11-12,19,21,24-25H,6-7,10,13-18H2,1-2H3,(H4,32,33,34)/t21-,24+,25+/m1/s1. The van der Waals surface area contributed by atoms with E-state index >= 15 is 0 Å². The predicted molar refractivity (Wildman–Crippen MR) is 150 cm³/mol. The molecule has 8 nitrogen and oxygen atoms in total. The van der Waals surface area contributed by atoms with E-state index in [9.17, 15) is 23.6 Å². The molecular weight excluding hydrogens is 499 g/mol. The molecule has 3 rings (SSSR count). The lowest BCUT2D eigenvalue weighted by atomic mass is 9.86. The number of alkyl halides is 1. The van der Waals surface area contributed by atoms with Crippen LogP contribution >= 0.6 is 0 Å². The van der Waals surface area contributed by atoms with Crippen LogP contribution in [0.2, 0.25) is 0 Å². The molecule has 3 atom stereocenters. The number of Topliss-reactive ketones (excluding diaryl/α,β-unsaturated/α-hetero) is 3. The normalized spacial score (nSPS) is 16.7. The number of carbonyl (C=O) groups is 4. The summed E-state index contributed by atoms with van der Waals surface area (Å²) in [6.07, 6.45) is 1.74. The number of carbonyl (C=O) groups excluding carboxylic acids is 4. The van der Waals surface area contributed by atoms with Crippen LogP contribution in [0.1, 0.15) is 62.7 Å². The van der Waals surface area contributed by atoms with E-state index in [1.54, 1.807) is 11.0 Å². The minimum atomic E-state index is -1.15. The van der Waals surface area contributed by atoms with Crippen molar-refractivity contribution in [3.8, 4) is 0 Å². The van der Waals surface area contributed by atoms with Crippen LogP contribution in [0, 0.1) is 17.8 Å². The van der Waals surface area contributed by atoms with Crippen LogP contribution in [0.3, 0.4) is 0 Å². The Balaban J connectivity index is 1.72. The van der Waals surface area contributed by atoms with E-state index in [2.05, 4.69) is 4.99 Å². The third-order valence-corrected chi connectivity index (χ3v) is 7.56. The van der Waals surface area contributed by atoms with Gasteiger partial charge in [-0.25, -0.2) is 4.39 Å². The smallest absolute Gasteiger partial charge is 0.227 e. The fourth-order valence-electron chi connectivity index (χ4n) is 5.38. The lowest BCUT2D eigenvalue weighted by Gasteiger charge is -2.30. The first-order valence-electron chi connectivity index (χ1n) is 13.6. The van der Waals surface area contributed by atoms with Crippen molar-refractivity contribution in [1.29, 1.82) is 0 Å². The van der Waals surface area contributed by atoms with Crippen LogP contribution in [0.5, 0.6) is 0 Å². The van der Waals surface area contributed by atoms with Crippen LogP contribution in [-0.4, -0.2) is 59.9 Å². The van der Waals surface area contributed by atoms with Gasteiger partial charge in [-0.15, -0.1) is 0 Å². The molecule has 0 aliphatic carbocycles. The maximum atomic E-state index is 13.7. The van der Waals surface area contributed by atoms with Crippen LogP contribution in [0.25, 0.3) is 10.8 Å². The Bertz CT molecular complexity index is 1220. The zero-order valence-corrected chi connectivity index (χ0v) is 22.8. The first kappa shape index (κ1) is 29.9. The first-order valence-corrected chi connectivity index (χ1v) is 13.6. The van der Waals surface area contributed by atoms with Crippen LogP contribution in [0.15, 0.2) is 47.5 Å². The number of hydrogen-bond acceptors (Lipinski definition) is 5. The van der Waals surface area contributed by atoms with E-state index in [-0.39, 0.29) is 55.2 Å². The van der Waals surface area contributed by atoms with Gasteiger partial charge < -0.3 is 16.4 Å². The second-order valence-electron chi connectivity index (χ2n) is 10.6. The number of hydrogen-bond donors (Lipinski definition) is 2. The largest absolute Gasteiger partial charge is 0.370 e. The van der Waals surface area contributed by atoms with E-state index in [0.717, 1.165) is 10.8 Å². The van der Waals surface area contributed by atoms with Crippen molar-refractivity contribution in [3.63, 3.8) is 0 Å². The van der Waals surface area contributed by atoms with Crippen molar-refractivity contribution in [1.82, 2.24) is 4.90 Å². The number of guanidine groups is 1. The number of likely N-dealkylation sites (tertiary alicyclic amines) is 1. The monoisotopic (exact) mass is 538 g/mol. The summed E-state index contributed by atoms with van der Waals surface area (Å²) in [6.45, 7) is 3.34. The molecule has 0 aromatic heterocycles. The number of nitrogens with two attached hydrogens (primary N) is 2. The Morgan fingerprint density at radius 3 is 2.46 bits per heavy atom. The molecule has 4 N–H and O–H groups in total. The van der Waals surface area contributed by atoms with Gasteiger partial charge in [0.25, 0.3) is 0 Å². The van der Waals surface area contributed by atoms with E-state index < -0.39 is 30.3 Å². The summed E-state index contributed by atoms with van der Waals surface area (Å²) in [5.74, 6) is -2.80. The van der Waals surface area contributed by atoms with Crippen molar-refractivity contribution < 1.29 is 23.6 Å². The predicted octanol–water partition coefficient (Wildman–Crippen LogP) is 3.84. The molecule has 2 aromatic carbocycles. The van der Waals surface area contributed by atoms with Gasteiger partial charge >= 0.3 is 0 Å². The summed E-state index contributed by atoms with van der Waals surface area (Å²) >= 11 is 0. The number of ketones is 3. The Morgan fingerprint density at radius 1 is 1.05 bits per heavy atom. The second kappa shape index (κ2) is 14.0. The molecule has 1 aliphatic heterocycles. The third kappa shape index (κ3) is 7.71. The van der Waals surface area contributed by atoms with Crippen LogP contribution < -0.4 is 11.5 Å². The number of fused-ring (bicyclic) bond motifs is 1. The number of rotatable bonds is 14. The number of halogens is 1. The maximum Gasteiger partial charge on any atom is 0.227 e. The highest BCUT2D eigenvalue weighted by Crippen LogP contribution is 2.30. The summed E-state index contributed by atoms with van der Waals surface area (Å²) in [5.41, 5.74) is 11.2. The molecule has 9 heteroatoms. The van der Waals surface area contributed by atoms with Crippen LogP contribution in [-0.2, 0) is 14.4 Å². The fourth-order valence-corrected chi connectivity index (χ4v) is 5.38. The molecule has 2 aromatic rings. The Kier molecular flexibility index (Phi) is 10.7. The highest BCUT2D eigenvalue weighted by atomic mass is 19.1. The zero-order valence-electron chi connectivity index (χ0n) is 22.8. The van der Waals surface area contributed by atoms with Crippen molar-refractivity contribution >= 4 is 40.0 Å². The van der Waals surface area contributed by atoms with Gasteiger partial charge in [-0.05, 0) is 42.4 Å². The quantitative estimate of drug-likeness (QED) is 0.162. The lowest BCUT2D eigenvalue weighted by Crippen LogP contribution is -2.45. The average Bonchev–Trinajstić information content (AvgIpc) is 3.42. The number of benzene rings is 2. The summed E-state index contributed by atoms with van der Waals surface area (Å²) in [7, 11) is 0. The van der Waals surface area contributed by atoms with Gasteiger partial charge in [0.05, 0.1) is 6.04 Å². The molecule has 1 fully saturated rings. The molecule has 39 heavy (non-hydrogen) atoms. The average molecular weight is 539 g/mol. The Hall–Kier alpha value is -3.62. The first-order chi connectivity index (χ1) is 18.6. The lowest BCUT2D eigenvalue weighted by molar-refractivity contribution is -0.142. The highest BCUT2D eigenvalue weighted by molar-refractivity contribution is 6.09. The van der Waals surface area contributed by atoms with Gasteiger partial charge in [0.15, 0.2) is 23.3 Å². The topological polar surface area (TPSA) is 136 Å². The van der Waals surface area contributed by atoms with Gasteiger partial charge in [-0.2, -0.15) is 0 Å². The van der Waals surface area contributed by atoms with Gasteiger partial charge in [0.2, 0.25) is 5.91 Å². The summed E-state index contributed by atoms with van der Waals surface area (Å²) in [5, 5.41) is 1.80. The van der Waals surface area contributed by atoms with Gasteiger partial charge in [0.1, 0.15) is 6.67 Å². The summed E-state index contributed by atoms with van der Waals surface area (Å²) in [6, 6.07) is 12.5.